The van der Waals surface area contributed by atoms with Gasteiger partial charge in [0.15, 0.2) is 6.41 Å². The van der Waals surface area contributed by atoms with Crippen LogP contribution < -0.4 is 4.90 Å². The summed E-state index contributed by atoms with van der Waals surface area (Å²) in [6.45, 7) is 1.31. The van der Waals surface area contributed by atoms with Crippen molar-refractivity contribution in [1.82, 2.24) is 13.7 Å². The van der Waals surface area contributed by atoms with Gasteiger partial charge >= 0.3 is 0 Å². The molecule has 2 unspecified atom stereocenters. The van der Waals surface area contributed by atoms with E-state index in [4.69, 9.17) is 0 Å². The van der Waals surface area contributed by atoms with E-state index >= 15 is 0 Å². The number of piperidine rings is 1. The maximum atomic E-state index is 13.3. The first-order chi connectivity index (χ1) is 17.5. The number of amides is 1. The second kappa shape index (κ2) is 11.6. The molecule has 2 atom stereocenters. The predicted molar refractivity (Wildman–Crippen MR) is 143 cm³/mol. The van der Waals surface area contributed by atoms with Crippen molar-refractivity contribution in [2.75, 3.05) is 49.9 Å². The Bertz CT molecular complexity index is 1300. The standard InChI is InChI=1S/C22H27BrFN4O6S3/c23-21-7-8-22(35-21)37(33,34)27-9-1-2-17(14-27)20(28(30)16-29)15-36(31,32)26-12-10-25(11-13-26)19-5-3-18(24)4-6-19/h3-8,16-17,20H,1-2,9-15H2/q-1. The molecule has 2 aromatic rings. The summed E-state index contributed by atoms with van der Waals surface area (Å²) in [5.41, 5.74) is 0.782. The lowest BCUT2D eigenvalue weighted by atomic mass is 9.92. The third-order valence-electron chi connectivity index (χ3n) is 6.74. The zero-order valence-corrected chi connectivity index (χ0v) is 23.8. The van der Waals surface area contributed by atoms with Crippen molar-refractivity contribution in [2.45, 2.75) is 23.1 Å². The number of hydrogen-bond donors (Lipinski definition) is 0. The molecular formula is C22H27BrFN4O6S3-. The van der Waals surface area contributed by atoms with E-state index in [1.165, 1.54) is 26.8 Å². The van der Waals surface area contributed by atoms with E-state index in [0.717, 1.165) is 17.0 Å². The topological polar surface area (TPSA) is 121 Å². The average Bonchev–Trinajstić information content (AvgIpc) is 3.34. The third kappa shape index (κ3) is 6.52. The number of hydroxylamine groups is 2. The zero-order chi connectivity index (χ0) is 26.8. The average molecular weight is 639 g/mol. The van der Waals surface area contributed by atoms with Gasteiger partial charge < -0.3 is 15.2 Å². The molecule has 2 aliphatic rings. The first-order valence-corrected chi connectivity index (χ1v) is 16.3. The number of halogens is 2. The first kappa shape index (κ1) is 28.4. The van der Waals surface area contributed by atoms with Crippen LogP contribution in [-0.4, -0.2) is 88.0 Å². The van der Waals surface area contributed by atoms with E-state index in [-0.39, 0.29) is 47.7 Å². The number of sulfonamides is 2. The van der Waals surface area contributed by atoms with Crippen LogP contribution in [0, 0.1) is 16.9 Å². The van der Waals surface area contributed by atoms with Crippen molar-refractivity contribution in [3.63, 3.8) is 0 Å². The Kier molecular flexibility index (Phi) is 8.93. The van der Waals surface area contributed by atoms with Gasteiger partial charge in [0.2, 0.25) is 10.0 Å². The number of carbonyl (C=O) groups excluding carboxylic acids is 1. The molecule has 0 spiro atoms. The van der Waals surface area contributed by atoms with Crippen molar-refractivity contribution in [3.05, 3.63) is 51.2 Å². The van der Waals surface area contributed by atoms with Crippen LogP contribution >= 0.6 is 27.3 Å². The van der Waals surface area contributed by atoms with Crippen molar-refractivity contribution in [1.29, 1.82) is 0 Å². The fourth-order valence-electron chi connectivity index (χ4n) is 4.76. The summed E-state index contributed by atoms with van der Waals surface area (Å²) in [4.78, 5) is 13.4. The van der Waals surface area contributed by atoms with Crippen molar-refractivity contribution in [2.24, 2.45) is 5.92 Å². The van der Waals surface area contributed by atoms with Gasteiger partial charge in [-0.05, 0) is 71.1 Å². The molecule has 0 aliphatic carbocycles. The molecular weight excluding hydrogens is 611 g/mol. The molecule has 1 aromatic heterocycles. The number of nitrogens with zero attached hydrogens (tertiary/aromatic N) is 4. The fourth-order valence-corrected chi connectivity index (χ4v) is 10.2. The number of hydrogen-bond acceptors (Lipinski definition) is 8. The van der Waals surface area contributed by atoms with Gasteiger partial charge in [0.1, 0.15) is 10.0 Å². The summed E-state index contributed by atoms with van der Waals surface area (Å²) >= 11 is 4.33. The summed E-state index contributed by atoms with van der Waals surface area (Å²) < 4.78 is 69.4. The lowest BCUT2D eigenvalue weighted by Crippen LogP contribution is -2.54. The van der Waals surface area contributed by atoms with Crippen molar-refractivity contribution < 1.29 is 26.0 Å². The van der Waals surface area contributed by atoms with Gasteiger partial charge in [0, 0.05) is 51.0 Å². The largest absolute Gasteiger partial charge is 0.756 e. The summed E-state index contributed by atoms with van der Waals surface area (Å²) in [6.07, 6.45) is 0.914. The van der Waals surface area contributed by atoms with Gasteiger partial charge in [-0.2, -0.15) is 8.61 Å². The number of anilines is 1. The van der Waals surface area contributed by atoms with Gasteiger partial charge in [-0.15, -0.1) is 11.3 Å². The Morgan fingerprint density at radius 2 is 1.73 bits per heavy atom. The molecule has 2 aliphatic heterocycles. The third-order valence-corrected chi connectivity index (χ3v) is 12.6. The Balaban J connectivity index is 1.45. The molecule has 37 heavy (non-hydrogen) atoms. The van der Waals surface area contributed by atoms with Crippen LogP contribution in [0.25, 0.3) is 0 Å². The monoisotopic (exact) mass is 637 g/mol. The van der Waals surface area contributed by atoms with Crippen LogP contribution in [0.1, 0.15) is 12.8 Å². The molecule has 4 rings (SSSR count). The molecule has 0 N–H and O–H groups in total. The summed E-state index contributed by atoms with van der Waals surface area (Å²) in [5.74, 6) is -1.58. The lowest BCUT2D eigenvalue weighted by molar-refractivity contribution is -0.118. The number of carbonyl (C=O) groups is 1. The SMILES string of the molecule is O=CN([O-])C(CS(=O)(=O)N1CCN(c2ccc(F)cc2)CC1)C1CCCN(S(=O)(=O)c2ccc(Br)s2)C1. The van der Waals surface area contributed by atoms with Gasteiger partial charge in [0.05, 0.1) is 9.54 Å². The van der Waals surface area contributed by atoms with Crippen LogP contribution in [0.5, 0.6) is 0 Å². The van der Waals surface area contributed by atoms with Crippen molar-refractivity contribution >= 4 is 59.4 Å². The second-order valence-corrected chi connectivity index (χ2v) is 15.6. The highest BCUT2D eigenvalue weighted by molar-refractivity contribution is 9.11. The summed E-state index contributed by atoms with van der Waals surface area (Å²) in [6, 6.07) is 7.86. The summed E-state index contributed by atoms with van der Waals surface area (Å²) in [5, 5.41) is 12.6. The minimum Gasteiger partial charge on any atom is -0.756 e. The molecule has 2 fully saturated rings. The molecule has 0 saturated carbocycles. The fraction of sp³-hybridized carbons (Fsp3) is 0.500. The first-order valence-electron chi connectivity index (χ1n) is 11.7. The van der Waals surface area contributed by atoms with E-state index in [1.54, 1.807) is 18.2 Å². The Hall–Kier alpha value is -1.62. The van der Waals surface area contributed by atoms with Gasteiger partial charge in [-0.25, -0.2) is 21.2 Å². The van der Waals surface area contributed by atoms with Gasteiger partial charge in [0.25, 0.3) is 10.0 Å². The molecule has 204 valence electrons. The lowest BCUT2D eigenvalue weighted by Gasteiger charge is -2.43. The Morgan fingerprint density at radius 3 is 2.32 bits per heavy atom. The number of piperazine rings is 1. The molecule has 0 radical (unpaired) electrons. The van der Waals surface area contributed by atoms with Crippen LogP contribution in [0.15, 0.2) is 44.4 Å². The number of benzene rings is 1. The molecule has 3 heterocycles. The minimum absolute atomic E-state index is 0.0521. The number of rotatable bonds is 9. The normalized spacial score (nSPS) is 21.1. The van der Waals surface area contributed by atoms with Gasteiger partial charge in [-0.1, -0.05) is 0 Å². The predicted octanol–water partition coefficient (Wildman–Crippen LogP) is 2.53. The Morgan fingerprint density at radius 1 is 1.05 bits per heavy atom. The molecule has 10 nitrogen and oxygen atoms in total. The molecule has 0 bridgehead atoms. The maximum absolute atomic E-state index is 13.3. The van der Waals surface area contributed by atoms with Crippen LogP contribution in [-0.2, 0) is 24.8 Å². The smallest absolute Gasteiger partial charge is 0.252 e. The van der Waals surface area contributed by atoms with Crippen LogP contribution in [0.4, 0.5) is 10.1 Å². The van der Waals surface area contributed by atoms with Crippen molar-refractivity contribution in [3.8, 4) is 0 Å². The Labute approximate surface area is 228 Å². The minimum atomic E-state index is -3.93. The molecule has 1 aromatic carbocycles. The molecule has 15 heteroatoms. The van der Waals surface area contributed by atoms with E-state index in [0.29, 0.717) is 29.7 Å². The van der Waals surface area contributed by atoms with E-state index in [1.807, 2.05) is 4.90 Å². The summed E-state index contributed by atoms with van der Waals surface area (Å²) in [7, 11) is -7.74. The highest BCUT2D eigenvalue weighted by Crippen LogP contribution is 2.32. The van der Waals surface area contributed by atoms with Crippen LogP contribution in [0.3, 0.4) is 0 Å². The molecule has 1 amide bonds. The zero-order valence-electron chi connectivity index (χ0n) is 19.8. The highest BCUT2D eigenvalue weighted by Gasteiger charge is 2.38. The van der Waals surface area contributed by atoms with Crippen LogP contribution in [0.2, 0.25) is 0 Å². The van der Waals surface area contributed by atoms with E-state index in [9.17, 15) is 31.2 Å². The quantitative estimate of drug-likeness (QED) is 0.306. The maximum Gasteiger partial charge on any atom is 0.252 e. The van der Waals surface area contributed by atoms with Gasteiger partial charge in [-0.3, -0.25) is 4.79 Å². The second-order valence-electron chi connectivity index (χ2n) is 9.00. The molecule has 2 saturated heterocycles. The van der Waals surface area contributed by atoms with E-state index in [2.05, 4.69) is 15.9 Å². The van der Waals surface area contributed by atoms with E-state index < -0.39 is 37.8 Å². The number of thiophene rings is 1. The highest BCUT2D eigenvalue weighted by atomic mass is 79.9.